The molecule has 0 spiro atoms. The molecule has 0 aliphatic carbocycles. The summed E-state index contributed by atoms with van der Waals surface area (Å²) in [5.74, 6) is 0.758. The van der Waals surface area contributed by atoms with Gasteiger partial charge < -0.3 is 4.90 Å². The molecular formula is C13H20N4O. The Morgan fingerprint density at radius 1 is 1.33 bits per heavy atom. The predicted molar refractivity (Wildman–Crippen MR) is 69.6 cm³/mol. The van der Waals surface area contributed by atoms with E-state index in [0.29, 0.717) is 5.69 Å². The van der Waals surface area contributed by atoms with Gasteiger partial charge in [0, 0.05) is 12.2 Å². The van der Waals surface area contributed by atoms with Crippen LogP contribution in [0.25, 0.3) is 0 Å². The smallest absolute Gasteiger partial charge is 0.168 e. The van der Waals surface area contributed by atoms with Gasteiger partial charge in [-0.1, -0.05) is 0 Å². The molecule has 1 aromatic rings. The van der Waals surface area contributed by atoms with E-state index >= 15 is 0 Å². The Hall–Kier alpha value is -1.33. The number of aryl methyl sites for hydroxylation is 1. The fraction of sp³-hybridized carbons (Fsp3) is 0.615. The van der Waals surface area contributed by atoms with E-state index in [1.807, 2.05) is 6.92 Å². The van der Waals surface area contributed by atoms with Gasteiger partial charge in [0.05, 0.1) is 6.04 Å². The van der Waals surface area contributed by atoms with Crippen LogP contribution in [0, 0.1) is 6.92 Å². The van der Waals surface area contributed by atoms with Crippen molar-refractivity contribution in [1.29, 1.82) is 0 Å². The average molecular weight is 248 g/mol. The van der Waals surface area contributed by atoms with Gasteiger partial charge >= 0.3 is 0 Å². The van der Waals surface area contributed by atoms with E-state index in [0.717, 1.165) is 43.9 Å². The molecule has 1 saturated heterocycles. The summed E-state index contributed by atoms with van der Waals surface area (Å²) in [6, 6.07) is 1.88. The highest BCUT2D eigenvalue weighted by atomic mass is 16.1. The number of hydrogen-bond acceptors (Lipinski definition) is 5. The minimum Gasteiger partial charge on any atom is -0.304 e. The quantitative estimate of drug-likeness (QED) is 0.728. The van der Waals surface area contributed by atoms with Gasteiger partial charge in [-0.05, 0) is 46.6 Å². The van der Waals surface area contributed by atoms with Crippen LogP contribution in [0.4, 0.5) is 0 Å². The van der Waals surface area contributed by atoms with Gasteiger partial charge in [0.2, 0.25) is 0 Å². The van der Waals surface area contributed by atoms with Crippen LogP contribution >= 0.6 is 0 Å². The lowest BCUT2D eigenvalue weighted by molar-refractivity contribution is 0.111. The summed E-state index contributed by atoms with van der Waals surface area (Å²) in [4.78, 5) is 24.3. The molecule has 5 heteroatoms. The number of carbonyl (C=O) groups excluding carboxylic acids is 1. The molecule has 1 fully saturated rings. The van der Waals surface area contributed by atoms with Gasteiger partial charge in [-0.3, -0.25) is 9.69 Å². The van der Waals surface area contributed by atoms with Crippen molar-refractivity contribution in [3.8, 4) is 0 Å². The maximum Gasteiger partial charge on any atom is 0.168 e. The predicted octanol–water partition coefficient (Wildman–Crippen LogP) is 0.906. The molecule has 2 heterocycles. The fourth-order valence-corrected chi connectivity index (χ4v) is 2.38. The van der Waals surface area contributed by atoms with Crippen molar-refractivity contribution in [1.82, 2.24) is 19.8 Å². The lowest BCUT2D eigenvalue weighted by Crippen LogP contribution is -2.32. The van der Waals surface area contributed by atoms with Crippen molar-refractivity contribution in [2.45, 2.75) is 19.4 Å². The number of carbonyl (C=O) groups is 1. The van der Waals surface area contributed by atoms with Crippen molar-refractivity contribution in [3.05, 3.63) is 23.3 Å². The number of nitrogens with zero attached hydrogens (tertiary/aromatic N) is 4. The summed E-state index contributed by atoms with van der Waals surface area (Å²) in [6.07, 6.45) is 1.94. The molecule has 0 bridgehead atoms. The first-order chi connectivity index (χ1) is 8.60. The van der Waals surface area contributed by atoms with Crippen molar-refractivity contribution >= 4 is 6.29 Å². The molecule has 98 valence electrons. The van der Waals surface area contributed by atoms with E-state index in [1.165, 1.54) is 0 Å². The first kappa shape index (κ1) is 13.1. The lowest BCUT2D eigenvalue weighted by Gasteiger charge is -2.26. The number of aromatic nitrogens is 2. The summed E-state index contributed by atoms with van der Waals surface area (Å²) in [6.45, 7) is 4.92. The van der Waals surface area contributed by atoms with Crippen LogP contribution in [-0.2, 0) is 0 Å². The van der Waals surface area contributed by atoms with E-state index in [4.69, 9.17) is 0 Å². The Kier molecular flexibility index (Phi) is 4.04. The molecule has 1 aromatic heterocycles. The zero-order valence-corrected chi connectivity index (χ0v) is 11.3. The van der Waals surface area contributed by atoms with Crippen LogP contribution in [-0.4, -0.2) is 59.8 Å². The third-order valence-electron chi connectivity index (χ3n) is 3.38. The van der Waals surface area contributed by atoms with Crippen LogP contribution in [0.3, 0.4) is 0 Å². The molecule has 0 saturated carbocycles. The van der Waals surface area contributed by atoms with E-state index in [1.54, 1.807) is 6.07 Å². The maximum atomic E-state index is 10.9. The average Bonchev–Trinajstić information content (AvgIpc) is 2.50. The Labute approximate surface area is 108 Å². The molecule has 0 amide bonds. The molecule has 1 aliphatic heterocycles. The van der Waals surface area contributed by atoms with E-state index in [-0.39, 0.29) is 6.04 Å². The van der Waals surface area contributed by atoms with Crippen LogP contribution < -0.4 is 0 Å². The van der Waals surface area contributed by atoms with Crippen LogP contribution in [0.5, 0.6) is 0 Å². The number of rotatable bonds is 2. The molecule has 18 heavy (non-hydrogen) atoms. The third-order valence-corrected chi connectivity index (χ3v) is 3.38. The van der Waals surface area contributed by atoms with Crippen molar-refractivity contribution in [3.63, 3.8) is 0 Å². The van der Waals surface area contributed by atoms with Gasteiger partial charge in [0.1, 0.15) is 11.5 Å². The maximum absolute atomic E-state index is 10.9. The normalized spacial score (nSPS) is 22.7. The van der Waals surface area contributed by atoms with Gasteiger partial charge in [0.15, 0.2) is 6.29 Å². The molecule has 0 N–H and O–H groups in total. The van der Waals surface area contributed by atoms with Gasteiger partial charge in [-0.15, -0.1) is 0 Å². The molecule has 0 aromatic carbocycles. The first-order valence-electron chi connectivity index (χ1n) is 6.29. The van der Waals surface area contributed by atoms with Gasteiger partial charge in [-0.2, -0.15) is 0 Å². The summed E-state index contributed by atoms with van der Waals surface area (Å²) in [5.41, 5.74) is 1.32. The van der Waals surface area contributed by atoms with E-state index in [9.17, 15) is 4.79 Å². The summed E-state index contributed by atoms with van der Waals surface area (Å²) < 4.78 is 0. The molecule has 1 atom stereocenters. The Morgan fingerprint density at radius 3 is 2.83 bits per heavy atom. The van der Waals surface area contributed by atoms with E-state index in [2.05, 4.69) is 33.9 Å². The van der Waals surface area contributed by atoms with Gasteiger partial charge in [0.25, 0.3) is 0 Å². The second-order valence-electron chi connectivity index (χ2n) is 5.02. The standard InChI is InChI=1S/C13H20N4O/c1-10-7-11(9-18)15-13(14-10)12-8-16(2)5-4-6-17(12)3/h7,9,12H,4-6,8H2,1-3H3. The topological polar surface area (TPSA) is 49.3 Å². The van der Waals surface area contributed by atoms with Crippen LogP contribution in [0.2, 0.25) is 0 Å². The zero-order chi connectivity index (χ0) is 13.1. The van der Waals surface area contributed by atoms with Crippen LogP contribution in [0.15, 0.2) is 6.07 Å². The van der Waals surface area contributed by atoms with Crippen molar-refractivity contribution < 1.29 is 4.79 Å². The highest BCUT2D eigenvalue weighted by molar-refractivity contribution is 5.71. The van der Waals surface area contributed by atoms with Crippen LogP contribution in [0.1, 0.15) is 34.5 Å². The molecule has 0 radical (unpaired) electrons. The van der Waals surface area contributed by atoms with Crippen molar-refractivity contribution in [2.24, 2.45) is 0 Å². The molecule has 1 unspecified atom stereocenters. The Morgan fingerprint density at radius 2 is 2.11 bits per heavy atom. The highest BCUT2D eigenvalue weighted by Crippen LogP contribution is 2.20. The zero-order valence-electron chi connectivity index (χ0n) is 11.3. The largest absolute Gasteiger partial charge is 0.304 e. The highest BCUT2D eigenvalue weighted by Gasteiger charge is 2.24. The summed E-state index contributed by atoms with van der Waals surface area (Å²) in [5, 5.41) is 0. The number of hydrogen-bond donors (Lipinski definition) is 0. The Bertz CT molecular complexity index is 435. The molecular weight excluding hydrogens is 228 g/mol. The molecule has 1 aliphatic rings. The minimum absolute atomic E-state index is 0.163. The number of likely N-dealkylation sites (N-methyl/N-ethyl adjacent to an activating group) is 2. The number of aldehydes is 1. The Balaban J connectivity index is 2.32. The summed E-state index contributed by atoms with van der Waals surface area (Å²) in [7, 11) is 4.21. The van der Waals surface area contributed by atoms with Gasteiger partial charge in [-0.25, -0.2) is 9.97 Å². The summed E-state index contributed by atoms with van der Waals surface area (Å²) >= 11 is 0. The monoisotopic (exact) mass is 248 g/mol. The second-order valence-corrected chi connectivity index (χ2v) is 5.02. The molecule has 5 nitrogen and oxygen atoms in total. The minimum atomic E-state index is 0.163. The first-order valence-corrected chi connectivity index (χ1v) is 6.29. The van der Waals surface area contributed by atoms with E-state index < -0.39 is 0 Å². The fourth-order valence-electron chi connectivity index (χ4n) is 2.38. The second kappa shape index (κ2) is 5.54. The van der Waals surface area contributed by atoms with Crippen molar-refractivity contribution in [2.75, 3.05) is 33.7 Å². The SMILES string of the molecule is Cc1cc(C=O)nc(C2CN(C)CCCN2C)n1. The lowest BCUT2D eigenvalue weighted by atomic mass is 10.2. The molecule has 2 rings (SSSR count). The third kappa shape index (κ3) is 2.91.